The molecule has 1 aliphatic rings. The minimum Gasteiger partial charge on any atom is -0.354 e. The molecule has 0 aromatic carbocycles. The Balaban J connectivity index is 0.000000791. The molecule has 0 amide bonds. The van der Waals surface area contributed by atoms with Crippen molar-refractivity contribution in [2.24, 2.45) is 4.99 Å². The van der Waals surface area contributed by atoms with E-state index in [0.29, 0.717) is 0 Å². The summed E-state index contributed by atoms with van der Waals surface area (Å²) in [4.78, 5) is 4.10. The number of rotatable bonds is 2. The topological polar surface area (TPSA) is 24.4 Å². The first-order valence-corrected chi connectivity index (χ1v) is 4.67. The second-order valence-corrected chi connectivity index (χ2v) is 2.41. The average molecular weight is 190 g/mol. The molecule has 0 saturated heterocycles. The van der Waals surface area contributed by atoms with Gasteiger partial charge >= 0.3 is 0 Å². The molecule has 76 valence electrons. The standard InChI is InChI=1S/C10H12N2.C2H6/c1-5-8-9(6-2)12-7(3)10(8)11-4;1-2/h5-6,12H,1-3H2,4H3;1-2H3. The van der Waals surface area contributed by atoms with Crippen LogP contribution in [0, 0.1) is 0 Å². The van der Waals surface area contributed by atoms with Crippen LogP contribution >= 0.6 is 0 Å². The van der Waals surface area contributed by atoms with Crippen LogP contribution in [0.2, 0.25) is 0 Å². The van der Waals surface area contributed by atoms with Crippen molar-refractivity contribution in [3.05, 3.63) is 48.9 Å². The van der Waals surface area contributed by atoms with Crippen molar-refractivity contribution in [2.75, 3.05) is 7.05 Å². The molecule has 0 atom stereocenters. The summed E-state index contributed by atoms with van der Waals surface area (Å²) in [5, 5.41) is 3.07. The lowest BCUT2D eigenvalue weighted by Gasteiger charge is -1.96. The molecule has 0 bridgehead atoms. The Morgan fingerprint density at radius 1 is 1.21 bits per heavy atom. The van der Waals surface area contributed by atoms with E-state index in [2.05, 4.69) is 30.0 Å². The summed E-state index contributed by atoms with van der Waals surface area (Å²) in [5.41, 5.74) is 3.57. The first-order valence-electron chi connectivity index (χ1n) is 4.67. The Labute approximate surface area is 86.4 Å². The van der Waals surface area contributed by atoms with Gasteiger partial charge in [-0.1, -0.05) is 39.7 Å². The van der Waals surface area contributed by atoms with E-state index >= 15 is 0 Å². The van der Waals surface area contributed by atoms with Crippen molar-refractivity contribution in [3.8, 4) is 0 Å². The number of nitrogens with one attached hydrogen (secondary N) is 1. The zero-order valence-corrected chi connectivity index (χ0v) is 9.22. The van der Waals surface area contributed by atoms with Crippen molar-refractivity contribution in [2.45, 2.75) is 13.8 Å². The number of allylic oxidation sites excluding steroid dienone is 3. The van der Waals surface area contributed by atoms with E-state index in [-0.39, 0.29) is 0 Å². The summed E-state index contributed by atoms with van der Waals surface area (Å²) < 4.78 is 0. The van der Waals surface area contributed by atoms with Gasteiger partial charge in [0.2, 0.25) is 0 Å². The molecular weight excluding hydrogens is 172 g/mol. The lowest BCUT2D eigenvalue weighted by atomic mass is 10.1. The highest BCUT2D eigenvalue weighted by atomic mass is 15.0. The van der Waals surface area contributed by atoms with Gasteiger partial charge in [-0.2, -0.15) is 0 Å². The molecule has 0 aromatic rings. The highest BCUT2D eigenvalue weighted by Crippen LogP contribution is 2.19. The van der Waals surface area contributed by atoms with E-state index < -0.39 is 0 Å². The van der Waals surface area contributed by atoms with Gasteiger partial charge in [0.25, 0.3) is 0 Å². The van der Waals surface area contributed by atoms with Crippen LogP contribution in [-0.4, -0.2) is 12.8 Å². The average Bonchev–Trinajstić information content (AvgIpc) is 2.56. The number of hydrogen-bond donors (Lipinski definition) is 1. The molecule has 1 aliphatic heterocycles. The van der Waals surface area contributed by atoms with Gasteiger partial charge in [-0.25, -0.2) is 0 Å². The minimum absolute atomic E-state index is 0.808. The summed E-state index contributed by atoms with van der Waals surface area (Å²) in [5.74, 6) is 0. The van der Waals surface area contributed by atoms with Crippen LogP contribution < -0.4 is 5.32 Å². The van der Waals surface area contributed by atoms with Gasteiger partial charge < -0.3 is 5.32 Å². The van der Waals surface area contributed by atoms with E-state index in [9.17, 15) is 0 Å². The maximum absolute atomic E-state index is 4.10. The second-order valence-electron chi connectivity index (χ2n) is 2.41. The van der Waals surface area contributed by atoms with E-state index in [1.165, 1.54) is 0 Å². The molecule has 0 unspecified atom stereocenters. The first kappa shape index (κ1) is 12.4. The van der Waals surface area contributed by atoms with Crippen LogP contribution in [0.3, 0.4) is 0 Å². The fourth-order valence-electron chi connectivity index (χ4n) is 1.20. The molecule has 1 rings (SSSR count). The third kappa shape index (κ3) is 2.22. The predicted molar refractivity (Wildman–Crippen MR) is 64.4 cm³/mol. The largest absolute Gasteiger partial charge is 0.354 e. The van der Waals surface area contributed by atoms with Crippen molar-refractivity contribution >= 4 is 5.71 Å². The van der Waals surface area contributed by atoms with Gasteiger partial charge in [0.1, 0.15) is 0 Å². The normalized spacial score (nSPS) is 17.4. The smallest absolute Gasteiger partial charge is 0.0892 e. The maximum atomic E-state index is 4.10. The van der Waals surface area contributed by atoms with Gasteiger partial charge in [-0.05, 0) is 6.08 Å². The van der Waals surface area contributed by atoms with Crippen LogP contribution in [0.1, 0.15) is 13.8 Å². The van der Waals surface area contributed by atoms with E-state index in [0.717, 1.165) is 22.7 Å². The molecule has 0 radical (unpaired) electrons. The van der Waals surface area contributed by atoms with E-state index in [1.54, 1.807) is 19.2 Å². The molecule has 0 aliphatic carbocycles. The molecule has 0 fully saturated rings. The van der Waals surface area contributed by atoms with Gasteiger partial charge in [0.15, 0.2) is 0 Å². The Morgan fingerprint density at radius 2 is 1.79 bits per heavy atom. The fraction of sp³-hybridized carbons (Fsp3) is 0.250. The van der Waals surface area contributed by atoms with Crippen molar-refractivity contribution in [3.63, 3.8) is 0 Å². The van der Waals surface area contributed by atoms with Crippen LogP contribution in [0.5, 0.6) is 0 Å². The first-order chi connectivity index (χ1) is 6.74. The van der Waals surface area contributed by atoms with E-state index in [1.807, 2.05) is 13.8 Å². The molecular formula is C12H18N2. The van der Waals surface area contributed by atoms with E-state index in [4.69, 9.17) is 0 Å². The van der Waals surface area contributed by atoms with Gasteiger partial charge in [0, 0.05) is 18.3 Å². The van der Waals surface area contributed by atoms with Crippen molar-refractivity contribution < 1.29 is 0 Å². The number of hydrogen-bond acceptors (Lipinski definition) is 2. The summed E-state index contributed by atoms with van der Waals surface area (Å²) in [6.07, 6.45) is 3.49. The molecule has 0 spiro atoms. The highest BCUT2D eigenvalue weighted by Gasteiger charge is 2.18. The van der Waals surface area contributed by atoms with Gasteiger partial charge in [-0.3, -0.25) is 4.99 Å². The molecule has 2 heteroatoms. The zero-order valence-electron chi connectivity index (χ0n) is 9.22. The molecule has 1 N–H and O–H groups in total. The number of aliphatic imine (C=N–C) groups is 1. The zero-order chi connectivity index (χ0) is 11.1. The Hall–Kier alpha value is -1.57. The SMILES string of the molecule is C=CC1=C(C=C)C(=NC)C(=C)N1.CC. The summed E-state index contributed by atoms with van der Waals surface area (Å²) in [6.45, 7) is 15.2. The van der Waals surface area contributed by atoms with Crippen molar-refractivity contribution in [1.82, 2.24) is 5.32 Å². The van der Waals surface area contributed by atoms with Crippen molar-refractivity contribution in [1.29, 1.82) is 0 Å². The molecule has 1 heterocycles. The summed E-state index contributed by atoms with van der Waals surface area (Å²) in [7, 11) is 1.73. The van der Waals surface area contributed by atoms with Crippen LogP contribution in [0.4, 0.5) is 0 Å². The number of nitrogens with zero attached hydrogens (tertiary/aromatic N) is 1. The molecule has 0 saturated carbocycles. The Bertz CT molecular complexity index is 306. The van der Waals surface area contributed by atoms with Crippen LogP contribution in [-0.2, 0) is 0 Å². The van der Waals surface area contributed by atoms with Gasteiger partial charge in [0.05, 0.1) is 11.4 Å². The third-order valence-corrected chi connectivity index (χ3v) is 1.75. The quantitative estimate of drug-likeness (QED) is 0.711. The Morgan fingerprint density at radius 3 is 2.14 bits per heavy atom. The maximum Gasteiger partial charge on any atom is 0.0892 e. The fourth-order valence-corrected chi connectivity index (χ4v) is 1.20. The monoisotopic (exact) mass is 190 g/mol. The molecule has 0 aromatic heterocycles. The Kier molecular flexibility index (Phi) is 5.30. The highest BCUT2D eigenvalue weighted by molar-refractivity contribution is 6.16. The predicted octanol–water partition coefficient (Wildman–Crippen LogP) is 2.83. The van der Waals surface area contributed by atoms with Crippen LogP contribution in [0.15, 0.2) is 53.8 Å². The summed E-state index contributed by atoms with van der Waals surface area (Å²) >= 11 is 0. The lowest BCUT2D eigenvalue weighted by molar-refractivity contribution is 1.10. The minimum atomic E-state index is 0.808. The molecule has 14 heavy (non-hydrogen) atoms. The van der Waals surface area contributed by atoms with Crippen LogP contribution in [0.25, 0.3) is 0 Å². The lowest BCUT2D eigenvalue weighted by Crippen LogP contribution is -2.06. The molecule has 2 nitrogen and oxygen atoms in total. The second kappa shape index (κ2) is 5.97. The third-order valence-electron chi connectivity index (χ3n) is 1.75. The summed E-state index contributed by atoms with van der Waals surface area (Å²) in [6, 6.07) is 0. The van der Waals surface area contributed by atoms with Gasteiger partial charge in [-0.15, -0.1) is 0 Å².